The maximum atomic E-state index is 12.5. The zero-order valence-electron chi connectivity index (χ0n) is 17.5. The molecule has 1 saturated heterocycles. The fourth-order valence-electron chi connectivity index (χ4n) is 3.33. The van der Waals surface area contributed by atoms with Crippen molar-refractivity contribution in [2.75, 3.05) is 35.6 Å². The minimum absolute atomic E-state index is 0.0295. The van der Waals surface area contributed by atoms with Crippen LogP contribution >= 0.6 is 0 Å². The maximum Gasteiger partial charge on any atom is 0.253 e. The van der Waals surface area contributed by atoms with Gasteiger partial charge in [0, 0.05) is 42.1 Å². The standard InChI is InChI=1S/C23H28N4O3/c1-3-21(28)26-20-14-19(10-9-16(20)2)25-22(29)15-24-18-8-6-7-17(13-18)23(30)27-11-4-5-12-27/h6-10,13-14,24H,3-5,11-12,15H2,1-2H3,(H,25,29)(H,26,28). The molecule has 7 heteroatoms. The SMILES string of the molecule is CCC(=O)Nc1cc(NC(=O)CNc2cccc(C(=O)N3CCCC3)c2)ccc1C. The minimum Gasteiger partial charge on any atom is -0.376 e. The number of amides is 3. The lowest BCUT2D eigenvalue weighted by Gasteiger charge is -2.16. The minimum atomic E-state index is -0.220. The van der Waals surface area contributed by atoms with Gasteiger partial charge >= 0.3 is 0 Å². The number of carbonyl (C=O) groups excluding carboxylic acids is 3. The highest BCUT2D eigenvalue weighted by Gasteiger charge is 2.19. The first kappa shape index (κ1) is 21.4. The first-order valence-corrected chi connectivity index (χ1v) is 10.3. The molecular weight excluding hydrogens is 380 g/mol. The van der Waals surface area contributed by atoms with Crippen molar-refractivity contribution < 1.29 is 14.4 Å². The van der Waals surface area contributed by atoms with E-state index in [9.17, 15) is 14.4 Å². The van der Waals surface area contributed by atoms with Crippen LogP contribution in [0.5, 0.6) is 0 Å². The third-order valence-corrected chi connectivity index (χ3v) is 5.07. The monoisotopic (exact) mass is 408 g/mol. The number of likely N-dealkylation sites (tertiary alicyclic amines) is 1. The van der Waals surface area contributed by atoms with Crippen LogP contribution < -0.4 is 16.0 Å². The molecular formula is C23H28N4O3. The number of benzene rings is 2. The lowest BCUT2D eigenvalue weighted by Crippen LogP contribution is -2.27. The Morgan fingerprint density at radius 3 is 2.43 bits per heavy atom. The average molecular weight is 409 g/mol. The molecule has 158 valence electrons. The summed E-state index contributed by atoms with van der Waals surface area (Å²) in [5.41, 5.74) is 3.55. The van der Waals surface area contributed by atoms with E-state index >= 15 is 0 Å². The number of aryl methyl sites for hydroxylation is 1. The molecule has 0 aromatic heterocycles. The van der Waals surface area contributed by atoms with E-state index in [1.807, 2.05) is 30.0 Å². The number of nitrogens with zero attached hydrogens (tertiary/aromatic N) is 1. The summed E-state index contributed by atoms with van der Waals surface area (Å²) in [6, 6.07) is 12.6. The van der Waals surface area contributed by atoms with Gasteiger partial charge < -0.3 is 20.9 Å². The second kappa shape index (κ2) is 9.91. The predicted octanol–water partition coefficient (Wildman–Crippen LogP) is 3.63. The van der Waals surface area contributed by atoms with E-state index in [1.54, 1.807) is 31.2 Å². The Hall–Kier alpha value is -3.35. The van der Waals surface area contributed by atoms with E-state index in [1.165, 1.54) is 0 Å². The summed E-state index contributed by atoms with van der Waals surface area (Å²) in [6.45, 7) is 5.35. The van der Waals surface area contributed by atoms with Gasteiger partial charge in [-0.2, -0.15) is 0 Å². The van der Waals surface area contributed by atoms with Crippen molar-refractivity contribution >= 4 is 34.8 Å². The first-order chi connectivity index (χ1) is 14.5. The van der Waals surface area contributed by atoms with Gasteiger partial charge in [0.2, 0.25) is 11.8 Å². The molecule has 2 aromatic rings. The van der Waals surface area contributed by atoms with E-state index in [4.69, 9.17) is 0 Å². The summed E-state index contributed by atoms with van der Waals surface area (Å²) in [5, 5.41) is 8.72. The molecule has 3 amide bonds. The fourth-order valence-corrected chi connectivity index (χ4v) is 3.33. The van der Waals surface area contributed by atoms with Crippen LogP contribution in [0.4, 0.5) is 17.1 Å². The zero-order chi connectivity index (χ0) is 21.5. The van der Waals surface area contributed by atoms with Crippen molar-refractivity contribution in [2.45, 2.75) is 33.1 Å². The predicted molar refractivity (Wildman–Crippen MR) is 119 cm³/mol. The number of hydrogen-bond donors (Lipinski definition) is 3. The largest absolute Gasteiger partial charge is 0.376 e. The Balaban J connectivity index is 1.57. The summed E-state index contributed by atoms with van der Waals surface area (Å²) in [7, 11) is 0. The molecule has 0 aliphatic carbocycles. The summed E-state index contributed by atoms with van der Waals surface area (Å²) in [5.74, 6) is -0.267. The van der Waals surface area contributed by atoms with Crippen molar-refractivity contribution in [3.8, 4) is 0 Å². The lowest BCUT2D eigenvalue weighted by atomic mass is 10.1. The smallest absolute Gasteiger partial charge is 0.253 e. The number of nitrogens with one attached hydrogen (secondary N) is 3. The van der Waals surface area contributed by atoms with Crippen LogP contribution in [-0.4, -0.2) is 42.3 Å². The lowest BCUT2D eigenvalue weighted by molar-refractivity contribution is -0.116. The van der Waals surface area contributed by atoms with Crippen LogP contribution in [0.2, 0.25) is 0 Å². The van der Waals surface area contributed by atoms with Crippen LogP contribution in [0.25, 0.3) is 0 Å². The molecule has 0 unspecified atom stereocenters. The molecule has 3 N–H and O–H groups in total. The summed E-state index contributed by atoms with van der Waals surface area (Å²) >= 11 is 0. The van der Waals surface area contributed by atoms with Crippen molar-refractivity contribution in [1.82, 2.24) is 4.90 Å². The third kappa shape index (κ3) is 5.59. The summed E-state index contributed by atoms with van der Waals surface area (Å²) in [4.78, 5) is 38.4. The van der Waals surface area contributed by atoms with Crippen molar-refractivity contribution in [3.05, 3.63) is 53.6 Å². The van der Waals surface area contributed by atoms with Gasteiger partial charge in [0.25, 0.3) is 5.91 Å². The Labute approximate surface area is 176 Å². The fraction of sp³-hybridized carbons (Fsp3) is 0.348. The molecule has 0 radical (unpaired) electrons. The second-order valence-corrected chi connectivity index (χ2v) is 7.41. The Bertz CT molecular complexity index is 936. The van der Waals surface area contributed by atoms with Crippen LogP contribution in [0, 0.1) is 6.92 Å². The quantitative estimate of drug-likeness (QED) is 0.653. The molecule has 1 aliphatic heterocycles. The maximum absolute atomic E-state index is 12.5. The molecule has 0 saturated carbocycles. The first-order valence-electron chi connectivity index (χ1n) is 10.3. The number of rotatable bonds is 7. The zero-order valence-corrected chi connectivity index (χ0v) is 17.5. The van der Waals surface area contributed by atoms with Gasteiger partial charge in [0.1, 0.15) is 0 Å². The topological polar surface area (TPSA) is 90.5 Å². The number of carbonyl (C=O) groups is 3. The Kier molecular flexibility index (Phi) is 7.06. The van der Waals surface area contributed by atoms with Crippen molar-refractivity contribution in [3.63, 3.8) is 0 Å². The third-order valence-electron chi connectivity index (χ3n) is 5.07. The van der Waals surface area contributed by atoms with Gasteiger partial charge in [-0.15, -0.1) is 0 Å². The van der Waals surface area contributed by atoms with Gasteiger partial charge in [-0.05, 0) is 55.7 Å². The molecule has 3 rings (SSSR count). The van der Waals surface area contributed by atoms with Crippen molar-refractivity contribution in [1.29, 1.82) is 0 Å². The average Bonchev–Trinajstić information content (AvgIpc) is 3.29. The molecule has 1 aliphatic rings. The second-order valence-electron chi connectivity index (χ2n) is 7.41. The van der Waals surface area contributed by atoms with Crippen molar-refractivity contribution in [2.24, 2.45) is 0 Å². The Morgan fingerprint density at radius 1 is 0.933 bits per heavy atom. The summed E-state index contributed by atoms with van der Waals surface area (Å²) < 4.78 is 0. The van der Waals surface area contributed by atoms with Gasteiger partial charge in [-0.3, -0.25) is 14.4 Å². The van der Waals surface area contributed by atoms with Crippen LogP contribution in [0.3, 0.4) is 0 Å². The Morgan fingerprint density at radius 2 is 1.70 bits per heavy atom. The van der Waals surface area contributed by atoms with E-state index in [-0.39, 0.29) is 24.3 Å². The molecule has 0 bridgehead atoms. The highest BCUT2D eigenvalue weighted by Crippen LogP contribution is 2.21. The number of anilines is 3. The van der Waals surface area contributed by atoms with Crippen LogP contribution in [-0.2, 0) is 9.59 Å². The highest BCUT2D eigenvalue weighted by molar-refractivity contribution is 5.97. The van der Waals surface area contributed by atoms with Gasteiger partial charge in [0.05, 0.1) is 6.54 Å². The molecule has 0 spiro atoms. The van der Waals surface area contributed by atoms with E-state index < -0.39 is 0 Å². The highest BCUT2D eigenvalue weighted by atomic mass is 16.2. The van der Waals surface area contributed by atoms with Gasteiger partial charge in [-0.1, -0.05) is 19.1 Å². The summed E-state index contributed by atoms with van der Waals surface area (Å²) in [6.07, 6.45) is 2.48. The molecule has 1 heterocycles. The molecule has 2 aromatic carbocycles. The molecule has 0 atom stereocenters. The number of hydrogen-bond acceptors (Lipinski definition) is 4. The molecule has 1 fully saturated rings. The molecule has 30 heavy (non-hydrogen) atoms. The normalized spacial score (nSPS) is 13.1. The van der Waals surface area contributed by atoms with E-state index in [0.29, 0.717) is 23.4 Å². The molecule has 7 nitrogen and oxygen atoms in total. The van der Waals surface area contributed by atoms with Gasteiger partial charge in [0.15, 0.2) is 0 Å². The van der Waals surface area contributed by atoms with Crippen LogP contribution in [0.1, 0.15) is 42.1 Å². The van der Waals surface area contributed by atoms with E-state index in [2.05, 4.69) is 16.0 Å². The van der Waals surface area contributed by atoms with Crippen LogP contribution in [0.15, 0.2) is 42.5 Å². The van der Waals surface area contributed by atoms with Gasteiger partial charge in [-0.25, -0.2) is 0 Å². The van der Waals surface area contributed by atoms with E-state index in [0.717, 1.165) is 37.2 Å².